The molecule has 1 fully saturated rings. The van der Waals surface area contributed by atoms with Gasteiger partial charge in [-0.3, -0.25) is 0 Å². The Kier molecular flexibility index (Phi) is 7.84. The predicted molar refractivity (Wildman–Crippen MR) is 116 cm³/mol. The third-order valence-electron chi connectivity index (χ3n) is 5.28. The predicted octanol–water partition coefficient (Wildman–Crippen LogP) is 2.80. The van der Waals surface area contributed by atoms with Crippen molar-refractivity contribution in [3.05, 3.63) is 41.5 Å². The lowest BCUT2D eigenvalue weighted by Gasteiger charge is -2.31. The quantitative estimate of drug-likeness (QED) is 0.694. The first-order valence-electron chi connectivity index (χ1n) is 10.8. The molecule has 3 rings (SSSR count). The lowest BCUT2D eigenvalue weighted by molar-refractivity contribution is 0.175. The molecular formula is C22H33FN6O2. The first-order chi connectivity index (χ1) is 14.8. The number of rotatable bonds is 8. The highest BCUT2D eigenvalue weighted by molar-refractivity contribution is 5.74. The number of halogens is 1. The number of hydrogen-bond acceptors (Lipinski definition) is 5. The molecule has 0 saturated carbocycles. The number of carbonyl (C=O) groups is 1. The zero-order valence-electron chi connectivity index (χ0n) is 18.8. The van der Waals surface area contributed by atoms with Crippen molar-refractivity contribution < 1.29 is 13.9 Å². The molecule has 8 nitrogen and oxygen atoms in total. The van der Waals surface area contributed by atoms with Crippen LogP contribution in [0.3, 0.4) is 0 Å². The van der Waals surface area contributed by atoms with Crippen LogP contribution in [0.4, 0.5) is 9.18 Å². The Balaban J connectivity index is 1.70. The molecule has 0 unspecified atom stereocenters. The molecule has 0 aliphatic carbocycles. The summed E-state index contributed by atoms with van der Waals surface area (Å²) >= 11 is 0. The summed E-state index contributed by atoms with van der Waals surface area (Å²) in [6, 6.07) is 4.81. The Bertz CT molecular complexity index is 863. The molecule has 2 amide bonds. The van der Waals surface area contributed by atoms with E-state index < -0.39 is 5.82 Å². The van der Waals surface area contributed by atoms with Crippen molar-refractivity contribution in [2.24, 2.45) is 13.0 Å². The van der Waals surface area contributed by atoms with Gasteiger partial charge >= 0.3 is 6.03 Å². The van der Waals surface area contributed by atoms with E-state index in [0.717, 1.165) is 25.9 Å². The van der Waals surface area contributed by atoms with Crippen LogP contribution in [0.2, 0.25) is 0 Å². The van der Waals surface area contributed by atoms with E-state index in [1.807, 2.05) is 13.8 Å². The maximum atomic E-state index is 14.5. The number of ether oxygens (including phenoxy) is 1. The molecule has 2 heterocycles. The minimum absolute atomic E-state index is 0.136. The second-order valence-corrected chi connectivity index (χ2v) is 8.68. The molecule has 31 heavy (non-hydrogen) atoms. The molecule has 0 atom stereocenters. The molecule has 2 aromatic rings. The molecule has 0 bridgehead atoms. The Labute approximate surface area is 183 Å². The summed E-state index contributed by atoms with van der Waals surface area (Å²) in [5.41, 5.74) is 1.37. The summed E-state index contributed by atoms with van der Waals surface area (Å²) in [4.78, 5) is 18.4. The standard InChI is InChI=1S/C22H33FN6O2/c1-16(2)15-31-21-6-5-17(11-20(21)23)13-29(14-19-12-24-28(4)26-19)22(30)25-18-7-9-27(3)10-8-18/h5-6,11-12,16,18H,7-10,13-15H2,1-4H3,(H,25,30). The molecule has 1 aliphatic heterocycles. The highest BCUT2D eigenvalue weighted by atomic mass is 19.1. The Morgan fingerprint density at radius 2 is 2.03 bits per heavy atom. The third kappa shape index (κ3) is 6.92. The summed E-state index contributed by atoms with van der Waals surface area (Å²) in [5, 5.41) is 11.5. The van der Waals surface area contributed by atoms with Crippen molar-refractivity contribution in [3.63, 3.8) is 0 Å². The molecule has 1 aromatic carbocycles. The SMILES string of the molecule is CC(C)COc1ccc(CN(Cc2cnn(C)n2)C(=O)NC2CCN(C)CC2)cc1F. The lowest BCUT2D eigenvalue weighted by atomic mass is 10.1. The van der Waals surface area contributed by atoms with Crippen LogP contribution in [0.1, 0.15) is 37.9 Å². The zero-order chi connectivity index (χ0) is 22.4. The summed E-state index contributed by atoms with van der Waals surface area (Å²) in [6.45, 7) is 6.94. The number of hydrogen-bond donors (Lipinski definition) is 1. The Morgan fingerprint density at radius 3 is 2.65 bits per heavy atom. The molecule has 170 valence electrons. The van der Waals surface area contributed by atoms with Crippen molar-refractivity contribution >= 4 is 6.03 Å². The fraction of sp³-hybridized carbons (Fsp3) is 0.591. The molecule has 0 spiro atoms. The normalized spacial score (nSPS) is 15.3. The number of benzene rings is 1. The molecule has 1 aromatic heterocycles. The Morgan fingerprint density at radius 1 is 1.29 bits per heavy atom. The average Bonchev–Trinajstić information content (AvgIpc) is 3.13. The largest absolute Gasteiger partial charge is 0.490 e. The summed E-state index contributed by atoms with van der Waals surface area (Å²) in [5.74, 6) is 0.117. The number of nitrogens with zero attached hydrogens (tertiary/aromatic N) is 5. The molecule has 0 radical (unpaired) electrons. The van der Waals surface area contributed by atoms with Crippen LogP contribution in [0.15, 0.2) is 24.4 Å². The fourth-order valence-corrected chi connectivity index (χ4v) is 3.51. The molecule has 1 saturated heterocycles. The number of likely N-dealkylation sites (tertiary alicyclic amines) is 1. The zero-order valence-corrected chi connectivity index (χ0v) is 18.8. The number of piperidine rings is 1. The monoisotopic (exact) mass is 432 g/mol. The van der Waals surface area contributed by atoms with E-state index in [2.05, 4.69) is 27.5 Å². The van der Waals surface area contributed by atoms with Gasteiger partial charge in [0, 0.05) is 19.6 Å². The van der Waals surface area contributed by atoms with Crippen LogP contribution in [0, 0.1) is 11.7 Å². The number of nitrogens with one attached hydrogen (secondary N) is 1. The van der Waals surface area contributed by atoms with Crippen molar-refractivity contribution in [1.29, 1.82) is 0 Å². The maximum absolute atomic E-state index is 14.5. The Hall–Kier alpha value is -2.68. The van der Waals surface area contributed by atoms with E-state index in [1.54, 1.807) is 30.3 Å². The van der Waals surface area contributed by atoms with Crippen LogP contribution in [-0.2, 0) is 20.1 Å². The topological polar surface area (TPSA) is 75.5 Å². The molecular weight excluding hydrogens is 399 g/mol. The van der Waals surface area contributed by atoms with E-state index in [4.69, 9.17) is 4.74 Å². The van der Waals surface area contributed by atoms with Gasteiger partial charge in [-0.05, 0) is 56.6 Å². The van der Waals surface area contributed by atoms with Gasteiger partial charge in [-0.1, -0.05) is 19.9 Å². The van der Waals surface area contributed by atoms with E-state index in [-0.39, 0.29) is 24.4 Å². The van der Waals surface area contributed by atoms with Crippen LogP contribution in [-0.4, -0.2) is 63.6 Å². The van der Waals surface area contributed by atoms with Crippen molar-refractivity contribution in [3.8, 4) is 5.75 Å². The van der Waals surface area contributed by atoms with Crippen LogP contribution >= 0.6 is 0 Å². The van der Waals surface area contributed by atoms with Gasteiger partial charge < -0.3 is 19.9 Å². The number of amides is 2. The number of aromatic nitrogens is 3. The summed E-state index contributed by atoms with van der Waals surface area (Å²) in [6.07, 6.45) is 3.47. The van der Waals surface area contributed by atoms with Gasteiger partial charge in [-0.25, -0.2) is 9.18 Å². The van der Waals surface area contributed by atoms with E-state index in [9.17, 15) is 9.18 Å². The number of carbonyl (C=O) groups excluding carboxylic acids is 1. The van der Waals surface area contributed by atoms with Gasteiger partial charge in [0.1, 0.15) is 5.69 Å². The van der Waals surface area contributed by atoms with E-state index in [0.29, 0.717) is 30.3 Å². The van der Waals surface area contributed by atoms with Gasteiger partial charge in [-0.15, -0.1) is 0 Å². The summed E-state index contributed by atoms with van der Waals surface area (Å²) < 4.78 is 20.0. The van der Waals surface area contributed by atoms with Crippen LogP contribution < -0.4 is 10.1 Å². The maximum Gasteiger partial charge on any atom is 0.318 e. The van der Waals surface area contributed by atoms with Gasteiger partial charge in [0.2, 0.25) is 0 Å². The lowest BCUT2D eigenvalue weighted by Crippen LogP contribution is -2.48. The van der Waals surface area contributed by atoms with E-state index >= 15 is 0 Å². The van der Waals surface area contributed by atoms with Crippen LogP contribution in [0.5, 0.6) is 5.75 Å². The van der Waals surface area contributed by atoms with Crippen molar-refractivity contribution in [1.82, 2.24) is 30.1 Å². The van der Waals surface area contributed by atoms with Crippen molar-refractivity contribution in [2.45, 2.75) is 45.8 Å². The minimum Gasteiger partial charge on any atom is -0.490 e. The highest BCUT2D eigenvalue weighted by Gasteiger charge is 2.23. The average molecular weight is 433 g/mol. The first-order valence-corrected chi connectivity index (χ1v) is 10.8. The molecule has 1 N–H and O–H groups in total. The third-order valence-corrected chi connectivity index (χ3v) is 5.28. The van der Waals surface area contributed by atoms with Gasteiger partial charge in [-0.2, -0.15) is 15.0 Å². The number of aryl methyl sites for hydroxylation is 1. The van der Waals surface area contributed by atoms with Crippen molar-refractivity contribution in [2.75, 3.05) is 26.7 Å². The second-order valence-electron chi connectivity index (χ2n) is 8.68. The van der Waals surface area contributed by atoms with Gasteiger partial charge in [0.15, 0.2) is 11.6 Å². The first kappa shape index (κ1) is 23.0. The van der Waals surface area contributed by atoms with Gasteiger partial charge in [0.05, 0.1) is 19.3 Å². The second kappa shape index (κ2) is 10.6. The van der Waals surface area contributed by atoms with Crippen LogP contribution in [0.25, 0.3) is 0 Å². The van der Waals surface area contributed by atoms with E-state index in [1.165, 1.54) is 10.9 Å². The molecule has 9 heteroatoms. The fourth-order valence-electron chi connectivity index (χ4n) is 3.51. The summed E-state index contributed by atoms with van der Waals surface area (Å²) in [7, 11) is 3.82. The smallest absolute Gasteiger partial charge is 0.318 e. The van der Waals surface area contributed by atoms with Gasteiger partial charge in [0.25, 0.3) is 0 Å². The minimum atomic E-state index is -0.423. The number of urea groups is 1. The highest BCUT2D eigenvalue weighted by Crippen LogP contribution is 2.21. The molecule has 1 aliphatic rings.